The SMILES string of the molecule is O=C(Nc1cccnc1)c1ccnc(-n2ccnc2)c1. The van der Waals surface area contributed by atoms with E-state index in [1.165, 1.54) is 0 Å². The van der Waals surface area contributed by atoms with Crippen LogP contribution in [0, 0.1) is 0 Å². The summed E-state index contributed by atoms with van der Waals surface area (Å²) in [6.07, 6.45) is 9.89. The number of nitrogens with zero attached hydrogens (tertiary/aromatic N) is 4. The molecule has 0 saturated heterocycles. The van der Waals surface area contributed by atoms with Gasteiger partial charge in [0, 0.05) is 30.4 Å². The average molecular weight is 265 g/mol. The Bertz CT molecular complexity index is 709. The fraction of sp³-hybridized carbons (Fsp3) is 0. The molecule has 0 unspecified atom stereocenters. The van der Waals surface area contributed by atoms with E-state index in [1.54, 1.807) is 66.1 Å². The molecule has 0 radical (unpaired) electrons. The zero-order valence-corrected chi connectivity index (χ0v) is 10.5. The van der Waals surface area contributed by atoms with E-state index >= 15 is 0 Å². The highest BCUT2D eigenvalue weighted by Crippen LogP contribution is 2.10. The summed E-state index contributed by atoms with van der Waals surface area (Å²) in [5.41, 5.74) is 1.17. The number of hydrogen-bond acceptors (Lipinski definition) is 4. The number of anilines is 1. The first kappa shape index (κ1) is 12.0. The number of hydrogen-bond donors (Lipinski definition) is 1. The maximum absolute atomic E-state index is 12.1. The van der Waals surface area contributed by atoms with E-state index in [9.17, 15) is 4.79 Å². The molecule has 0 aliphatic carbocycles. The van der Waals surface area contributed by atoms with Gasteiger partial charge in [0.25, 0.3) is 5.91 Å². The molecule has 0 bridgehead atoms. The Hall–Kier alpha value is -3.02. The summed E-state index contributed by atoms with van der Waals surface area (Å²) >= 11 is 0. The van der Waals surface area contributed by atoms with Gasteiger partial charge in [-0.1, -0.05) is 0 Å². The number of aromatic nitrogens is 4. The van der Waals surface area contributed by atoms with Crippen LogP contribution in [0.3, 0.4) is 0 Å². The molecule has 1 amide bonds. The number of carbonyl (C=O) groups is 1. The molecule has 0 atom stereocenters. The van der Waals surface area contributed by atoms with E-state index in [-0.39, 0.29) is 5.91 Å². The maximum Gasteiger partial charge on any atom is 0.255 e. The number of amides is 1. The average Bonchev–Trinajstić information content (AvgIpc) is 3.03. The van der Waals surface area contributed by atoms with Crippen LogP contribution in [-0.2, 0) is 0 Å². The molecule has 6 heteroatoms. The molecule has 98 valence electrons. The van der Waals surface area contributed by atoms with E-state index in [2.05, 4.69) is 20.3 Å². The van der Waals surface area contributed by atoms with Crippen LogP contribution in [0.1, 0.15) is 10.4 Å². The summed E-state index contributed by atoms with van der Waals surface area (Å²) < 4.78 is 1.74. The van der Waals surface area contributed by atoms with Crippen molar-refractivity contribution in [3.63, 3.8) is 0 Å². The van der Waals surface area contributed by atoms with Crippen molar-refractivity contribution >= 4 is 11.6 Å². The van der Waals surface area contributed by atoms with Crippen molar-refractivity contribution < 1.29 is 4.79 Å². The van der Waals surface area contributed by atoms with E-state index in [0.717, 1.165) is 0 Å². The predicted octanol–water partition coefficient (Wildman–Crippen LogP) is 1.91. The minimum atomic E-state index is -0.207. The van der Waals surface area contributed by atoms with Gasteiger partial charge in [0.1, 0.15) is 12.1 Å². The molecule has 20 heavy (non-hydrogen) atoms. The van der Waals surface area contributed by atoms with Crippen LogP contribution in [0.5, 0.6) is 0 Å². The first-order valence-corrected chi connectivity index (χ1v) is 5.99. The van der Waals surface area contributed by atoms with Crippen molar-refractivity contribution in [2.24, 2.45) is 0 Å². The lowest BCUT2D eigenvalue weighted by molar-refractivity contribution is 0.102. The lowest BCUT2D eigenvalue weighted by Gasteiger charge is -2.06. The Balaban J connectivity index is 1.84. The zero-order chi connectivity index (χ0) is 13.8. The van der Waals surface area contributed by atoms with Gasteiger partial charge in [-0.25, -0.2) is 9.97 Å². The molecule has 3 rings (SSSR count). The molecule has 0 aliphatic rings. The fourth-order valence-electron chi connectivity index (χ4n) is 1.74. The largest absolute Gasteiger partial charge is 0.321 e. The third-order valence-corrected chi connectivity index (χ3v) is 2.70. The Kier molecular flexibility index (Phi) is 3.20. The number of rotatable bonds is 3. The van der Waals surface area contributed by atoms with Gasteiger partial charge in [-0.3, -0.25) is 14.3 Å². The molecule has 3 heterocycles. The van der Waals surface area contributed by atoms with Gasteiger partial charge in [-0.15, -0.1) is 0 Å². The zero-order valence-electron chi connectivity index (χ0n) is 10.5. The first-order chi connectivity index (χ1) is 9.83. The molecular formula is C14H11N5O. The van der Waals surface area contributed by atoms with Gasteiger partial charge in [0.15, 0.2) is 0 Å². The smallest absolute Gasteiger partial charge is 0.255 e. The highest BCUT2D eigenvalue weighted by molar-refractivity contribution is 6.04. The summed E-state index contributed by atoms with van der Waals surface area (Å²) in [5, 5.41) is 2.78. The lowest BCUT2D eigenvalue weighted by Crippen LogP contribution is -2.12. The van der Waals surface area contributed by atoms with Crippen LogP contribution in [0.2, 0.25) is 0 Å². The minimum absolute atomic E-state index is 0.207. The molecule has 3 aromatic heterocycles. The number of pyridine rings is 2. The molecule has 1 N–H and O–H groups in total. The monoisotopic (exact) mass is 265 g/mol. The summed E-state index contributed by atoms with van der Waals surface area (Å²) in [6, 6.07) is 6.90. The molecular weight excluding hydrogens is 254 g/mol. The summed E-state index contributed by atoms with van der Waals surface area (Å²) in [6.45, 7) is 0. The Morgan fingerprint density at radius 3 is 2.85 bits per heavy atom. The normalized spacial score (nSPS) is 10.2. The van der Waals surface area contributed by atoms with E-state index in [1.807, 2.05) is 0 Å². The summed E-state index contributed by atoms with van der Waals surface area (Å²) in [7, 11) is 0. The van der Waals surface area contributed by atoms with Crippen LogP contribution in [0.15, 0.2) is 61.6 Å². The van der Waals surface area contributed by atoms with Crippen molar-refractivity contribution in [1.82, 2.24) is 19.5 Å². The van der Waals surface area contributed by atoms with Crippen LogP contribution in [-0.4, -0.2) is 25.4 Å². The maximum atomic E-state index is 12.1. The second-order valence-corrected chi connectivity index (χ2v) is 4.07. The van der Waals surface area contributed by atoms with E-state index < -0.39 is 0 Å². The van der Waals surface area contributed by atoms with Gasteiger partial charge in [-0.05, 0) is 24.3 Å². The highest BCUT2D eigenvalue weighted by Gasteiger charge is 2.08. The van der Waals surface area contributed by atoms with E-state index in [0.29, 0.717) is 17.1 Å². The molecule has 0 spiro atoms. The number of nitrogens with one attached hydrogen (secondary N) is 1. The van der Waals surface area contributed by atoms with Crippen molar-refractivity contribution in [2.75, 3.05) is 5.32 Å². The summed E-state index contributed by atoms with van der Waals surface area (Å²) in [5.74, 6) is 0.433. The Labute approximate surface area is 115 Å². The van der Waals surface area contributed by atoms with Crippen molar-refractivity contribution in [3.8, 4) is 5.82 Å². The minimum Gasteiger partial charge on any atom is -0.321 e. The van der Waals surface area contributed by atoms with E-state index in [4.69, 9.17) is 0 Å². The van der Waals surface area contributed by atoms with Crippen molar-refractivity contribution in [3.05, 3.63) is 67.1 Å². The molecule has 0 fully saturated rings. The highest BCUT2D eigenvalue weighted by atomic mass is 16.1. The standard InChI is InChI=1S/C14H11N5O/c20-14(18-12-2-1-4-15-9-12)11-3-5-17-13(8-11)19-7-6-16-10-19/h1-10H,(H,18,20). The molecule has 0 saturated carbocycles. The van der Waals surface area contributed by atoms with Gasteiger partial charge in [0.05, 0.1) is 11.9 Å². The van der Waals surface area contributed by atoms with Crippen molar-refractivity contribution in [1.29, 1.82) is 0 Å². The van der Waals surface area contributed by atoms with Crippen LogP contribution < -0.4 is 5.32 Å². The number of carbonyl (C=O) groups excluding carboxylic acids is 1. The quantitative estimate of drug-likeness (QED) is 0.785. The summed E-state index contributed by atoms with van der Waals surface area (Å²) in [4.78, 5) is 24.3. The topological polar surface area (TPSA) is 72.7 Å². The third-order valence-electron chi connectivity index (χ3n) is 2.70. The van der Waals surface area contributed by atoms with Gasteiger partial charge >= 0.3 is 0 Å². The van der Waals surface area contributed by atoms with Crippen LogP contribution in [0.4, 0.5) is 5.69 Å². The Morgan fingerprint density at radius 1 is 1.15 bits per heavy atom. The Morgan fingerprint density at radius 2 is 2.10 bits per heavy atom. The molecule has 0 aliphatic heterocycles. The molecule has 0 aromatic carbocycles. The van der Waals surface area contributed by atoms with Gasteiger partial charge in [-0.2, -0.15) is 0 Å². The second kappa shape index (κ2) is 5.31. The fourth-order valence-corrected chi connectivity index (χ4v) is 1.74. The van der Waals surface area contributed by atoms with Crippen molar-refractivity contribution in [2.45, 2.75) is 0 Å². The first-order valence-electron chi connectivity index (χ1n) is 5.99. The van der Waals surface area contributed by atoms with Crippen LogP contribution in [0.25, 0.3) is 5.82 Å². The lowest BCUT2D eigenvalue weighted by atomic mass is 10.2. The molecule has 6 nitrogen and oxygen atoms in total. The van der Waals surface area contributed by atoms with Gasteiger partial charge < -0.3 is 5.32 Å². The predicted molar refractivity (Wildman–Crippen MR) is 73.5 cm³/mol. The van der Waals surface area contributed by atoms with Crippen LogP contribution >= 0.6 is 0 Å². The second-order valence-electron chi connectivity index (χ2n) is 4.07. The third kappa shape index (κ3) is 2.54. The molecule has 3 aromatic rings. The number of imidazole rings is 1. The van der Waals surface area contributed by atoms with Gasteiger partial charge in [0.2, 0.25) is 0 Å².